The van der Waals surface area contributed by atoms with E-state index < -0.39 is 5.54 Å². The first kappa shape index (κ1) is 12.5. The minimum Gasteiger partial charge on any atom is -0.352 e. The SMILES string of the molecule is CCC(C)CC(C)NC(=O)C1(N)CCC1. The molecule has 1 aliphatic rings. The standard InChI is InChI=1S/C12H24N2O/c1-4-9(2)8-10(3)14-11(15)12(13)6-5-7-12/h9-10H,4-8,13H2,1-3H3,(H,14,15). The first-order valence-corrected chi connectivity index (χ1v) is 6.08. The van der Waals surface area contributed by atoms with Crippen molar-refractivity contribution in [3.63, 3.8) is 0 Å². The van der Waals surface area contributed by atoms with E-state index in [9.17, 15) is 4.79 Å². The summed E-state index contributed by atoms with van der Waals surface area (Å²) >= 11 is 0. The van der Waals surface area contributed by atoms with Gasteiger partial charge in [-0.25, -0.2) is 0 Å². The number of carbonyl (C=O) groups excluding carboxylic acids is 1. The lowest BCUT2D eigenvalue weighted by Gasteiger charge is -2.37. The summed E-state index contributed by atoms with van der Waals surface area (Å²) in [7, 11) is 0. The van der Waals surface area contributed by atoms with Gasteiger partial charge in [-0.2, -0.15) is 0 Å². The number of carbonyl (C=O) groups is 1. The van der Waals surface area contributed by atoms with Crippen LogP contribution in [-0.4, -0.2) is 17.5 Å². The molecule has 1 fully saturated rings. The van der Waals surface area contributed by atoms with E-state index in [1.54, 1.807) is 0 Å². The van der Waals surface area contributed by atoms with E-state index in [2.05, 4.69) is 26.1 Å². The molecule has 0 aromatic heterocycles. The quantitative estimate of drug-likeness (QED) is 0.730. The maximum absolute atomic E-state index is 11.8. The zero-order valence-corrected chi connectivity index (χ0v) is 10.2. The molecule has 2 atom stereocenters. The molecule has 1 aliphatic carbocycles. The number of amides is 1. The highest BCUT2D eigenvalue weighted by Gasteiger charge is 2.40. The molecule has 1 amide bonds. The highest BCUT2D eigenvalue weighted by Crippen LogP contribution is 2.29. The smallest absolute Gasteiger partial charge is 0.240 e. The maximum Gasteiger partial charge on any atom is 0.240 e. The highest BCUT2D eigenvalue weighted by molar-refractivity contribution is 5.87. The third kappa shape index (κ3) is 3.20. The first-order valence-electron chi connectivity index (χ1n) is 6.08. The molecule has 15 heavy (non-hydrogen) atoms. The summed E-state index contributed by atoms with van der Waals surface area (Å²) in [5.41, 5.74) is 5.39. The van der Waals surface area contributed by atoms with Crippen LogP contribution in [0.3, 0.4) is 0 Å². The molecule has 0 spiro atoms. The summed E-state index contributed by atoms with van der Waals surface area (Å²) in [4.78, 5) is 11.8. The van der Waals surface area contributed by atoms with Crippen molar-refractivity contribution in [3.05, 3.63) is 0 Å². The fourth-order valence-electron chi connectivity index (χ4n) is 1.98. The van der Waals surface area contributed by atoms with Crippen LogP contribution in [0.5, 0.6) is 0 Å². The van der Waals surface area contributed by atoms with Gasteiger partial charge in [-0.1, -0.05) is 20.3 Å². The zero-order chi connectivity index (χ0) is 11.5. The Morgan fingerprint density at radius 2 is 2.07 bits per heavy atom. The van der Waals surface area contributed by atoms with Gasteiger partial charge in [0.2, 0.25) is 5.91 Å². The average Bonchev–Trinajstić information content (AvgIpc) is 2.13. The third-order valence-corrected chi connectivity index (χ3v) is 3.53. The van der Waals surface area contributed by atoms with Gasteiger partial charge in [0.05, 0.1) is 5.54 Å². The fourth-order valence-corrected chi connectivity index (χ4v) is 1.98. The van der Waals surface area contributed by atoms with E-state index in [1.807, 2.05) is 0 Å². The van der Waals surface area contributed by atoms with E-state index in [0.717, 1.165) is 32.1 Å². The van der Waals surface area contributed by atoms with Crippen molar-refractivity contribution in [1.29, 1.82) is 0 Å². The lowest BCUT2D eigenvalue weighted by molar-refractivity contribution is -0.129. The van der Waals surface area contributed by atoms with E-state index in [1.165, 1.54) is 0 Å². The van der Waals surface area contributed by atoms with Crippen LogP contribution in [0.15, 0.2) is 0 Å². The van der Waals surface area contributed by atoms with Crippen LogP contribution in [0.4, 0.5) is 0 Å². The summed E-state index contributed by atoms with van der Waals surface area (Å²) in [5, 5.41) is 3.02. The van der Waals surface area contributed by atoms with Crippen molar-refractivity contribution >= 4 is 5.91 Å². The molecule has 0 heterocycles. The lowest BCUT2D eigenvalue weighted by atomic mass is 9.77. The Bertz CT molecular complexity index is 224. The maximum atomic E-state index is 11.8. The molecule has 3 N–H and O–H groups in total. The second-order valence-corrected chi connectivity index (χ2v) is 5.13. The van der Waals surface area contributed by atoms with Gasteiger partial charge in [0.15, 0.2) is 0 Å². The van der Waals surface area contributed by atoms with Crippen LogP contribution in [-0.2, 0) is 4.79 Å². The Morgan fingerprint density at radius 3 is 2.47 bits per heavy atom. The van der Waals surface area contributed by atoms with Crippen LogP contribution >= 0.6 is 0 Å². The topological polar surface area (TPSA) is 55.1 Å². The Kier molecular flexibility index (Phi) is 4.14. The van der Waals surface area contributed by atoms with Gasteiger partial charge in [-0.3, -0.25) is 4.79 Å². The van der Waals surface area contributed by atoms with Crippen molar-refractivity contribution in [2.24, 2.45) is 11.7 Å². The minimum atomic E-state index is -0.552. The predicted molar refractivity (Wildman–Crippen MR) is 62.4 cm³/mol. The Balaban J connectivity index is 2.31. The number of nitrogens with two attached hydrogens (primary N) is 1. The van der Waals surface area contributed by atoms with Crippen LogP contribution in [0.2, 0.25) is 0 Å². The summed E-state index contributed by atoms with van der Waals surface area (Å²) < 4.78 is 0. The van der Waals surface area contributed by atoms with Crippen molar-refractivity contribution < 1.29 is 4.79 Å². The van der Waals surface area contributed by atoms with Gasteiger partial charge < -0.3 is 11.1 Å². The molecule has 1 rings (SSSR count). The molecular formula is C12H24N2O. The van der Waals surface area contributed by atoms with Crippen molar-refractivity contribution in [2.45, 2.75) is 64.5 Å². The second kappa shape index (κ2) is 4.97. The molecule has 0 aromatic rings. The summed E-state index contributed by atoms with van der Waals surface area (Å²) in [6.07, 6.45) is 4.97. The monoisotopic (exact) mass is 212 g/mol. The van der Waals surface area contributed by atoms with E-state index in [4.69, 9.17) is 5.73 Å². The number of nitrogens with one attached hydrogen (secondary N) is 1. The summed E-state index contributed by atoms with van der Waals surface area (Å²) in [6, 6.07) is 0.244. The van der Waals surface area contributed by atoms with Gasteiger partial charge in [-0.05, 0) is 38.5 Å². The lowest BCUT2D eigenvalue weighted by Crippen LogP contribution is -2.59. The highest BCUT2D eigenvalue weighted by atomic mass is 16.2. The van der Waals surface area contributed by atoms with Gasteiger partial charge in [-0.15, -0.1) is 0 Å². The van der Waals surface area contributed by atoms with Crippen molar-refractivity contribution in [3.8, 4) is 0 Å². The molecule has 3 nitrogen and oxygen atoms in total. The normalized spacial score (nSPS) is 22.7. The average molecular weight is 212 g/mol. The van der Waals surface area contributed by atoms with Gasteiger partial charge >= 0.3 is 0 Å². The Hall–Kier alpha value is -0.570. The Morgan fingerprint density at radius 1 is 1.47 bits per heavy atom. The van der Waals surface area contributed by atoms with Crippen molar-refractivity contribution in [2.75, 3.05) is 0 Å². The van der Waals surface area contributed by atoms with Crippen LogP contribution in [0.25, 0.3) is 0 Å². The van der Waals surface area contributed by atoms with Crippen LogP contribution < -0.4 is 11.1 Å². The predicted octanol–water partition coefficient (Wildman–Crippen LogP) is 1.81. The zero-order valence-electron chi connectivity index (χ0n) is 10.2. The van der Waals surface area contributed by atoms with Crippen LogP contribution in [0, 0.1) is 5.92 Å². The minimum absolute atomic E-state index is 0.0459. The molecule has 1 saturated carbocycles. The molecule has 0 saturated heterocycles. The van der Waals surface area contributed by atoms with E-state index in [-0.39, 0.29) is 11.9 Å². The molecule has 0 aliphatic heterocycles. The molecule has 0 aromatic carbocycles. The van der Waals surface area contributed by atoms with Gasteiger partial charge in [0, 0.05) is 6.04 Å². The number of hydrogen-bond acceptors (Lipinski definition) is 2. The van der Waals surface area contributed by atoms with Crippen LogP contribution in [0.1, 0.15) is 52.9 Å². The third-order valence-electron chi connectivity index (χ3n) is 3.53. The largest absolute Gasteiger partial charge is 0.352 e. The summed E-state index contributed by atoms with van der Waals surface area (Å²) in [6.45, 7) is 6.45. The fraction of sp³-hybridized carbons (Fsp3) is 0.917. The van der Waals surface area contributed by atoms with E-state index in [0.29, 0.717) is 5.92 Å². The molecular weight excluding hydrogens is 188 g/mol. The number of rotatable bonds is 5. The van der Waals surface area contributed by atoms with Crippen molar-refractivity contribution in [1.82, 2.24) is 5.32 Å². The molecule has 3 heteroatoms. The van der Waals surface area contributed by atoms with Gasteiger partial charge in [0.25, 0.3) is 0 Å². The number of hydrogen-bond donors (Lipinski definition) is 2. The molecule has 0 bridgehead atoms. The first-order chi connectivity index (χ1) is 6.98. The second-order valence-electron chi connectivity index (χ2n) is 5.13. The molecule has 0 radical (unpaired) electrons. The molecule has 2 unspecified atom stereocenters. The van der Waals surface area contributed by atoms with E-state index >= 15 is 0 Å². The van der Waals surface area contributed by atoms with Gasteiger partial charge in [0.1, 0.15) is 0 Å². The summed E-state index contributed by atoms with van der Waals surface area (Å²) in [5.74, 6) is 0.708. The Labute approximate surface area is 92.8 Å². The molecule has 88 valence electrons.